The summed E-state index contributed by atoms with van der Waals surface area (Å²) < 4.78 is 16.0. The topological polar surface area (TPSA) is 97.7 Å². The first-order valence-corrected chi connectivity index (χ1v) is 8.91. The Labute approximate surface area is 162 Å². The van der Waals surface area contributed by atoms with Crippen molar-refractivity contribution in [1.29, 1.82) is 5.26 Å². The van der Waals surface area contributed by atoms with Crippen molar-refractivity contribution in [3.05, 3.63) is 59.7 Å². The maximum Gasteiger partial charge on any atom is 0.344 e. The molecule has 7 nitrogen and oxygen atoms in total. The van der Waals surface area contributed by atoms with Crippen molar-refractivity contribution in [1.82, 2.24) is 5.32 Å². The molecule has 2 aromatic rings. The second-order valence-electron chi connectivity index (χ2n) is 6.29. The van der Waals surface area contributed by atoms with Crippen LogP contribution in [0.2, 0.25) is 0 Å². The van der Waals surface area contributed by atoms with Crippen LogP contribution in [0.4, 0.5) is 0 Å². The summed E-state index contributed by atoms with van der Waals surface area (Å²) in [7, 11) is 0. The largest absolute Gasteiger partial charge is 0.493 e. The molecule has 0 fully saturated rings. The van der Waals surface area contributed by atoms with Gasteiger partial charge in [0.05, 0.1) is 24.3 Å². The summed E-state index contributed by atoms with van der Waals surface area (Å²) in [4.78, 5) is 24.3. The van der Waals surface area contributed by atoms with Crippen molar-refractivity contribution in [2.24, 2.45) is 0 Å². The van der Waals surface area contributed by atoms with Gasteiger partial charge in [-0.1, -0.05) is 18.2 Å². The third-order valence-corrected chi connectivity index (χ3v) is 4.29. The minimum absolute atomic E-state index is 0.187. The molecule has 2 aromatic carbocycles. The fourth-order valence-corrected chi connectivity index (χ4v) is 2.83. The number of fused-ring (bicyclic) bond motifs is 1. The molecular formula is C21H20N2O5. The molecule has 1 aliphatic heterocycles. The van der Waals surface area contributed by atoms with E-state index >= 15 is 0 Å². The Hall–Kier alpha value is -3.53. The molecule has 0 aromatic heterocycles. The first-order valence-electron chi connectivity index (χ1n) is 8.91. The molecule has 2 atom stereocenters. The number of rotatable bonds is 6. The molecule has 28 heavy (non-hydrogen) atoms. The molecule has 0 saturated carbocycles. The first kappa shape index (κ1) is 19.2. The highest BCUT2D eigenvalue weighted by atomic mass is 16.6. The Morgan fingerprint density at radius 3 is 2.75 bits per heavy atom. The number of nitriles is 1. The molecular weight excluding hydrogens is 360 g/mol. The molecule has 1 aliphatic rings. The number of hydrogen-bond acceptors (Lipinski definition) is 6. The van der Waals surface area contributed by atoms with E-state index in [4.69, 9.17) is 19.5 Å². The first-order chi connectivity index (χ1) is 13.6. The summed E-state index contributed by atoms with van der Waals surface area (Å²) in [5, 5.41) is 11.7. The third kappa shape index (κ3) is 4.80. The van der Waals surface area contributed by atoms with Crippen LogP contribution in [-0.4, -0.2) is 31.2 Å². The van der Waals surface area contributed by atoms with E-state index < -0.39 is 12.1 Å². The highest BCUT2D eigenvalue weighted by Gasteiger charge is 2.26. The normalized spacial score (nSPS) is 15.9. The van der Waals surface area contributed by atoms with Crippen molar-refractivity contribution in [3.63, 3.8) is 0 Å². The molecule has 0 saturated heterocycles. The van der Waals surface area contributed by atoms with Crippen LogP contribution >= 0.6 is 0 Å². The van der Waals surface area contributed by atoms with Crippen LogP contribution in [-0.2, 0) is 14.3 Å². The Bertz CT molecular complexity index is 888. The lowest BCUT2D eigenvalue weighted by molar-refractivity contribution is -0.156. The van der Waals surface area contributed by atoms with Crippen LogP contribution in [0.3, 0.4) is 0 Å². The lowest BCUT2D eigenvalue weighted by atomic mass is 10.0. The van der Waals surface area contributed by atoms with Gasteiger partial charge in [-0.15, -0.1) is 0 Å². The lowest BCUT2D eigenvalue weighted by Crippen LogP contribution is -2.40. The molecule has 1 heterocycles. The van der Waals surface area contributed by atoms with Crippen LogP contribution in [0.5, 0.6) is 11.5 Å². The summed E-state index contributed by atoms with van der Waals surface area (Å²) in [6.45, 7) is 1.69. The Morgan fingerprint density at radius 1 is 1.25 bits per heavy atom. The number of esters is 1. The van der Waals surface area contributed by atoms with E-state index in [0.29, 0.717) is 24.3 Å². The van der Waals surface area contributed by atoms with Gasteiger partial charge < -0.3 is 19.5 Å². The monoisotopic (exact) mass is 380 g/mol. The van der Waals surface area contributed by atoms with Crippen molar-refractivity contribution in [2.75, 3.05) is 13.2 Å². The van der Waals surface area contributed by atoms with Crippen LogP contribution in [0.25, 0.3) is 0 Å². The van der Waals surface area contributed by atoms with Gasteiger partial charge in [0.2, 0.25) is 0 Å². The van der Waals surface area contributed by atoms with E-state index in [0.717, 1.165) is 11.3 Å². The predicted molar refractivity (Wildman–Crippen MR) is 99.6 cm³/mol. The van der Waals surface area contributed by atoms with Crippen LogP contribution in [0.1, 0.15) is 30.5 Å². The smallest absolute Gasteiger partial charge is 0.344 e. The van der Waals surface area contributed by atoms with Crippen molar-refractivity contribution in [3.8, 4) is 17.6 Å². The molecule has 144 valence electrons. The van der Waals surface area contributed by atoms with Gasteiger partial charge >= 0.3 is 5.97 Å². The highest BCUT2D eigenvalue weighted by molar-refractivity contribution is 5.84. The number of nitrogens with zero attached hydrogens (tertiary/aromatic N) is 1. The molecule has 0 radical (unpaired) electrons. The maximum atomic E-state index is 12.4. The van der Waals surface area contributed by atoms with Gasteiger partial charge in [0.25, 0.3) is 5.91 Å². The molecule has 7 heteroatoms. The van der Waals surface area contributed by atoms with E-state index in [2.05, 4.69) is 5.32 Å². The molecule has 1 N–H and O–H groups in total. The second kappa shape index (κ2) is 8.91. The zero-order valence-corrected chi connectivity index (χ0v) is 15.4. The molecule has 0 spiro atoms. The van der Waals surface area contributed by atoms with Gasteiger partial charge in [-0.25, -0.2) is 4.79 Å². The van der Waals surface area contributed by atoms with E-state index in [1.807, 2.05) is 30.3 Å². The summed E-state index contributed by atoms with van der Waals surface area (Å²) >= 11 is 0. The SMILES string of the molecule is CC(OC(=O)COc1ccc(C#N)cc1)C(=O)NC1CCOc2ccccc21. The van der Waals surface area contributed by atoms with Gasteiger partial charge in [-0.05, 0) is 37.3 Å². The van der Waals surface area contributed by atoms with Gasteiger partial charge in [0.1, 0.15) is 11.5 Å². The fourth-order valence-electron chi connectivity index (χ4n) is 2.83. The summed E-state index contributed by atoms with van der Waals surface area (Å²) in [6, 6.07) is 15.7. The van der Waals surface area contributed by atoms with E-state index in [1.54, 1.807) is 24.3 Å². The summed E-state index contributed by atoms with van der Waals surface area (Å²) in [5.74, 6) is 0.152. The van der Waals surface area contributed by atoms with Crippen LogP contribution in [0, 0.1) is 11.3 Å². The van der Waals surface area contributed by atoms with E-state index in [9.17, 15) is 9.59 Å². The number of carbonyl (C=O) groups is 2. The Kier molecular flexibility index (Phi) is 6.12. The number of carbonyl (C=O) groups excluding carboxylic acids is 2. The Balaban J connectivity index is 1.48. The molecule has 2 unspecified atom stereocenters. The zero-order valence-electron chi connectivity index (χ0n) is 15.4. The molecule has 1 amide bonds. The van der Waals surface area contributed by atoms with E-state index in [1.165, 1.54) is 6.92 Å². The van der Waals surface area contributed by atoms with Crippen LogP contribution in [0.15, 0.2) is 48.5 Å². The number of nitrogens with one attached hydrogen (secondary N) is 1. The number of benzene rings is 2. The third-order valence-electron chi connectivity index (χ3n) is 4.29. The summed E-state index contributed by atoms with van der Waals surface area (Å²) in [6.07, 6.45) is -0.308. The fraction of sp³-hybridized carbons (Fsp3) is 0.286. The zero-order chi connectivity index (χ0) is 19.9. The van der Waals surface area contributed by atoms with Gasteiger partial charge in [0.15, 0.2) is 12.7 Å². The number of amides is 1. The van der Waals surface area contributed by atoms with E-state index in [-0.39, 0.29) is 18.6 Å². The maximum absolute atomic E-state index is 12.4. The molecule has 0 aliphatic carbocycles. The number of ether oxygens (including phenoxy) is 3. The van der Waals surface area contributed by atoms with Crippen molar-refractivity contribution < 1.29 is 23.8 Å². The number of hydrogen-bond donors (Lipinski definition) is 1. The molecule has 0 bridgehead atoms. The van der Waals surface area contributed by atoms with Crippen molar-refractivity contribution in [2.45, 2.75) is 25.5 Å². The van der Waals surface area contributed by atoms with Gasteiger partial charge in [-0.3, -0.25) is 4.79 Å². The quantitative estimate of drug-likeness (QED) is 0.774. The average molecular weight is 380 g/mol. The van der Waals surface area contributed by atoms with Gasteiger partial charge in [0, 0.05) is 12.0 Å². The minimum Gasteiger partial charge on any atom is -0.493 e. The predicted octanol–water partition coefficient (Wildman–Crippen LogP) is 2.51. The minimum atomic E-state index is -0.952. The van der Waals surface area contributed by atoms with Crippen molar-refractivity contribution >= 4 is 11.9 Å². The molecule has 3 rings (SSSR count). The second-order valence-corrected chi connectivity index (χ2v) is 6.29. The number of para-hydroxylation sites is 1. The Morgan fingerprint density at radius 2 is 2.00 bits per heavy atom. The standard InChI is InChI=1S/C21H20N2O5/c1-14(28-20(24)13-27-16-8-6-15(12-22)7-9-16)21(25)23-18-10-11-26-19-5-3-2-4-17(18)19/h2-9,14,18H,10-11,13H2,1H3,(H,23,25). The highest BCUT2D eigenvalue weighted by Crippen LogP contribution is 2.31. The van der Waals surface area contributed by atoms with Gasteiger partial charge in [-0.2, -0.15) is 5.26 Å². The summed E-state index contributed by atoms with van der Waals surface area (Å²) in [5.41, 5.74) is 1.40. The lowest BCUT2D eigenvalue weighted by Gasteiger charge is -2.27. The average Bonchev–Trinajstić information content (AvgIpc) is 2.73. The van der Waals surface area contributed by atoms with Crippen LogP contribution < -0.4 is 14.8 Å².